The number of carbonyl (C=O) groups excluding carboxylic acids is 1. The Labute approximate surface area is 290 Å². The van der Waals surface area contributed by atoms with Gasteiger partial charge in [0.15, 0.2) is 0 Å². The fraction of sp³-hybridized carbons (Fsp3) is 0.974. The number of hydrogen-bond donors (Lipinski definition) is 2. The summed E-state index contributed by atoms with van der Waals surface area (Å²) in [4.78, 5) is 11.7. The predicted octanol–water partition coefficient (Wildman–Crippen LogP) is 7.45. The Bertz CT molecular complexity index is 791. The summed E-state index contributed by atoms with van der Waals surface area (Å²) in [6.07, 6.45) is 28.2. The third-order valence-electron chi connectivity index (χ3n) is 10.6. The maximum atomic E-state index is 11.7. The molecule has 2 rings (SSSR count). The smallest absolute Gasteiger partial charge is 0.502 e. The first-order valence-electron chi connectivity index (χ1n) is 20.2. The highest BCUT2D eigenvalue weighted by atomic mass is 28.4. The van der Waals surface area contributed by atoms with Crippen LogP contribution in [0.15, 0.2) is 0 Å². The van der Waals surface area contributed by atoms with Crippen LogP contribution in [0.25, 0.3) is 0 Å². The highest BCUT2D eigenvalue weighted by Gasteiger charge is 2.58. The summed E-state index contributed by atoms with van der Waals surface area (Å²) in [5.41, 5.74) is 0. The number of aliphatic hydroxyl groups is 2. The zero-order chi connectivity index (χ0) is 34.2. The lowest BCUT2D eigenvalue weighted by molar-refractivity contribution is -0.910. The second kappa shape index (κ2) is 25.4. The molecule has 0 spiro atoms. The van der Waals surface area contributed by atoms with Gasteiger partial charge < -0.3 is 37.9 Å². The molecule has 9 heteroatoms. The van der Waals surface area contributed by atoms with E-state index in [1.54, 1.807) is 0 Å². The van der Waals surface area contributed by atoms with Crippen molar-refractivity contribution in [1.29, 1.82) is 0 Å². The van der Waals surface area contributed by atoms with E-state index in [4.69, 9.17) is 13.3 Å². The van der Waals surface area contributed by atoms with Gasteiger partial charge in [0.2, 0.25) is 0 Å². The number of nitrogens with zero attached hydrogens (tertiary/aromatic N) is 1. The number of aliphatic carboxylic acids is 1. The van der Waals surface area contributed by atoms with E-state index in [-0.39, 0.29) is 6.61 Å². The van der Waals surface area contributed by atoms with Gasteiger partial charge in [-0.1, -0.05) is 142 Å². The van der Waals surface area contributed by atoms with Crippen molar-refractivity contribution in [3.63, 3.8) is 0 Å². The summed E-state index contributed by atoms with van der Waals surface area (Å²) >= 11 is 0. The molecular formula is C38H75NO7Si. The third-order valence-corrected chi connectivity index (χ3v) is 13.5. The number of carbonyl (C=O) groups is 1. The van der Waals surface area contributed by atoms with E-state index >= 15 is 0 Å². The summed E-state index contributed by atoms with van der Waals surface area (Å²) in [6.45, 7) is 7.79. The quantitative estimate of drug-likeness (QED) is 0.0443. The Hall–Kier alpha value is -0.553. The van der Waals surface area contributed by atoms with Gasteiger partial charge in [-0.3, -0.25) is 0 Å². The van der Waals surface area contributed by atoms with Crippen LogP contribution in [-0.4, -0.2) is 87.2 Å². The number of fused-ring (bicyclic) bond motifs is 2. The van der Waals surface area contributed by atoms with Crippen LogP contribution in [0.1, 0.15) is 174 Å². The van der Waals surface area contributed by atoms with Gasteiger partial charge in [-0.15, -0.1) is 0 Å². The highest BCUT2D eigenvalue weighted by molar-refractivity contribution is 6.61. The lowest BCUT2D eigenvalue weighted by Crippen LogP contribution is -2.71. The van der Waals surface area contributed by atoms with Gasteiger partial charge >= 0.3 is 8.80 Å². The molecule has 2 fully saturated rings. The van der Waals surface area contributed by atoms with E-state index in [0.717, 1.165) is 30.5 Å². The van der Waals surface area contributed by atoms with Crippen LogP contribution in [0.4, 0.5) is 0 Å². The monoisotopic (exact) mass is 686 g/mol. The number of hydrogen-bond acceptors (Lipinski definition) is 7. The molecule has 2 saturated heterocycles. The van der Waals surface area contributed by atoms with Crippen LogP contribution in [0.5, 0.6) is 0 Å². The summed E-state index contributed by atoms with van der Waals surface area (Å²) in [7, 11) is -0.958. The molecule has 278 valence electrons. The van der Waals surface area contributed by atoms with Gasteiger partial charge in [-0.2, -0.15) is 0 Å². The molecule has 2 heterocycles. The molecule has 2 aliphatic rings. The largest absolute Gasteiger partial charge is 0.547 e. The Morgan fingerprint density at radius 1 is 0.638 bits per heavy atom. The topological polar surface area (TPSA) is 108 Å². The van der Waals surface area contributed by atoms with Crippen LogP contribution in [0, 0.1) is 0 Å². The normalized spacial score (nSPS) is 25.6. The molecule has 6 atom stereocenters. The van der Waals surface area contributed by atoms with Crippen LogP contribution < -0.4 is 5.11 Å². The fourth-order valence-corrected chi connectivity index (χ4v) is 10.4. The summed E-state index contributed by atoms with van der Waals surface area (Å²) in [5.74, 6) is -1.49. The minimum Gasteiger partial charge on any atom is -0.547 e. The molecule has 0 amide bonds. The Kier molecular flexibility index (Phi) is 23.0. The van der Waals surface area contributed by atoms with Crippen LogP contribution in [-0.2, 0) is 18.1 Å². The predicted molar refractivity (Wildman–Crippen MR) is 191 cm³/mol. The molecule has 8 nitrogen and oxygen atoms in total. The van der Waals surface area contributed by atoms with Crippen molar-refractivity contribution in [3.05, 3.63) is 0 Å². The van der Waals surface area contributed by atoms with E-state index in [1.807, 2.05) is 0 Å². The first kappa shape index (κ1) is 42.6. The SMILES string of the molecule is CCCCCCCCCCCCCCCCCC[N+](C)(CCCCCCCCCC)CCC[Si]12OC[C@@H](O)[C@@H](O1)C(O)[C@H](C(=O)[O-])O2. The van der Waals surface area contributed by atoms with E-state index in [1.165, 1.54) is 154 Å². The molecule has 47 heavy (non-hydrogen) atoms. The molecule has 0 aromatic carbocycles. The van der Waals surface area contributed by atoms with Gasteiger partial charge in [0.05, 0.1) is 39.3 Å². The van der Waals surface area contributed by atoms with Crippen molar-refractivity contribution in [3.8, 4) is 0 Å². The van der Waals surface area contributed by atoms with Crippen molar-refractivity contribution < 1.29 is 37.9 Å². The zero-order valence-corrected chi connectivity index (χ0v) is 31.9. The Morgan fingerprint density at radius 3 is 1.43 bits per heavy atom. The molecule has 0 radical (unpaired) electrons. The zero-order valence-electron chi connectivity index (χ0n) is 30.9. The molecule has 0 aromatic rings. The summed E-state index contributed by atoms with van der Waals surface area (Å²) in [5, 5.41) is 32.3. The maximum absolute atomic E-state index is 11.7. The lowest BCUT2D eigenvalue weighted by atomic mass is 10.0. The average Bonchev–Trinajstić information content (AvgIpc) is 3.05. The van der Waals surface area contributed by atoms with Gasteiger partial charge in [0.25, 0.3) is 0 Å². The first-order valence-corrected chi connectivity index (χ1v) is 22.1. The molecular weight excluding hydrogens is 611 g/mol. The van der Waals surface area contributed by atoms with Crippen molar-refractivity contribution in [2.45, 2.75) is 205 Å². The maximum Gasteiger partial charge on any atom is 0.502 e. The minimum atomic E-state index is -3.33. The second-order valence-corrected chi connectivity index (χ2v) is 17.8. The van der Waals surface area contributed by atoms with Crippen molar-refractivity contribution >= 4 is 14.8 Å². The van der Waals surface area contributed by atoms with E-state index < -0.39 is 39.2 Å². The number of unbranched alkanes of at least 4 members (excludes halogenated alkanes) is 22. The summed E-state index contributed by atoms with van der Waals surface area (Å²) < 4.78 is 18.6. The highest BCUT2D eigenvalue weighted by Crippen LogP contribution is 2.35. The van der Waals surface area contributed by atoms with Gasteiger partial charge in [-0.25, -0.2) is 0 Å². The number of carboxylic acids is 1. The van der Waals surface area contributed by atoms with Crippen LogP contribution >= 0.6 is 0 Å². The lowest BCUT2D eigenvalue weighted by Gasteiger charge is -2.49. The number of quaternary nitrogens is 1. The molecule has 2 N–H and O–H groups in total. The molecule has 0 aromatic heterocycles. The van der Waals surface area contributed by atoms with E-state index in [9.17, 15) is 20.1 Å². The van der Waals surface area contributed by atoms with E-state index in [0.29, 0.717) is 6.04 Å². The van der Waals surface area contributed by atoms with E-state index in [2.05, 4.69) is 20.9 Å². The molecule has 0 aliphatic carbocycles. The Morgan fingerprint density at radius 2 is 1.02 bits per heavy atom. The Balaban J connectivity index is 1.70. The first-order chi connectivity index (χ1) is 22.8. The second-order valence-electron chi connectivity index (χ2n) is 15.2. The van der Waals surface area contributed by atoms with Crippen LogP contribution in [0.2, 0.25) is 6.04 Å². The van der Waals surface area contributed by atoms with Crippen LogP contribution in [0.3, 0.4) is 0 Å². The summed E-state index contributed by atoms with van der Waals surface area (Å²) in [6, 6.07) is 0.483. The van der Waals surface area contributed by atoms with Gasteiger partial charge in [-0.05, 0) is 25.7 Å². The minimum absolute atomic E-state index is 0.00269. The molecule has 3 unspecified atom stereocenters. The average molecular weight is 686 g/mol. The standard InChI is InChI=1S/C38H75NO7Si/c1-4-6-8-10-12-14-15-16-17-18-19-20-21-23-25-27-30-39(3,29-26-24-22-13-11-9-7-5-2)31-28-32-47-44-33-34(40)36(45-47)35(41)37(46-47)38(42)43/h34-37,40-41H,4-33H2,1-3H3/t34-,35?,36-,37-,39?,47?/m1/s1. The molecule has 2 bridgehead atoms. The number of carboxylic acid groups (broad SMARTS) is 1. The van der Waals surface area contributed by atoms with Crippen molar-refractivity contribution in [1.82, 2.24) is 0 Å². The third kappa shape index (κ3) is 17.8. The van der Waals surface area contributed by atoms with Crippen molar-refractivity contribution in [2.24, 2.45) is 0 Å². The molecule has 2 aliphatic heterocycles. The number of aliphatic hydroxyl groups excluding tert-OH is 2. The fourth-order valence-electron chi connectivity index (χ4n) is 7.48. The van der Waals surface area contributed by atoms with Crippen molar-refractivity contribution in [2.75, 3.05) is 33.3 Å². The number of rotatable bonds is 31. The molecule has 0 saturated carbocycles. The van der Waals surface area contributed by atoms with Gasteiger partial charge in [0.1, 0.15) is 24.4 Å². The van der Waals surface area contributed by atoms with Gasteiger partial charge in [0, 0.05) is 12.5 Å².